The summed E-state index contributed by atoms with van der Waals surface area (Å²) in [5.74, 6) is 0.662. The van der Waals surface area contributed by atoms with Crippen molar-refractivity contribution in [2.45, 2.75) is 13.8 Å². The van der Waals surface area contributed by atoms with E-state index in [0.717, 1.165) is 21.8 Å². The molecule has 0 saturated carbocycles. The minimum Gasteiger partial charge on any atom is -0.396 e. The van der Waals surface area contributed by atoms with E-state index in [1.54, 1.807) is 6.20 Å². The highest BCUT2D eigenvalue weighted by atomic mass is 35.5. The van der Waals surface area contributed by atoms with Gasteiger partial charge in [0, 0.05) is 16.9 Å². The summed E-state index contributed by atoms with van der Waals surface area (Å²) in [6, 6.07) is 7.58. The Morgan fingerprint density at radius 2 is 2.00 bits per heavy atom. The van der Waals surface area contributed by atoms with Crippen LogP contribution < -0.4 is 11.1 Å². The number of hydrogen-bond acceptors (Lipinski definition) is 3. The Hall–Kier alpha value is -1.74. The maximum Gasteiger partial charge on any atom is 0.153 e. The van der Waals surface area contributed by atoms with Gasteiger partial charge in [-0.05, 0) is 43.2 Å². The smallest absolute Gasteiger partial charge is 0.153 e. The molecule has 0 spiro atoms. The van der Waals surface area contributed by atoms with Crippen molar-refractivity contribution in [2.24, 2.45) is 0 Å². The third kappa shape index (κ3) is 2.34. The summed E-state index contributed by atoms with van der Waals surface area (Å²) >= 11 is 6.06. The number of nitrogens with two attached hydrogens (primary N) is 1. The van der Waals surface area contributed by atoms with Crippen molar-refractivity contribution < 1.29 is 0 Å². The summed E-state index contributed by atoms with van der Waals surface area (Å²) in [6.07, 6.45) is 1.73. The van der Waals surface area contributed by atoms with Crippen molar-refractivity contribution in [3.8, 4) is 0 Å². The highest BCUT2D eigenvalue weighted by molar-refractivity contribution is 6.31. The van der Waals surface area contributed by atoms with Crippen molar-refractivity contribution in [3.05, 3.63) is 46.6 Å². The number of hydrogen-bond donors (Lipinski definition) is 2. The SMILES string of the molecule is Cc1ccnc(Nc2cccc(Cl)c2C)c1N. The van der Waals surface area contributed by atoms with Gasteiger partial charge in [-0.1, -0.05) is 17.7 Å². The van der Waals surface area contributed by atoms with Crippen LogP contribution in [0.5, 0.6) is 0 Å². The van der Waals surface area contributed by atoms with Crippen molar-refractivity contribution in [1.82, 2.24) is 4.98 Å². The summed E-state index contributed by atoms with van der Waals surface area (Å²) in [5.41, 5.74) is 9.52. The van der Waals surface area contributed by atoms with Crippen molar-refractivity contribution in [3.63, 3.8) is 0 Å². The fraction of sp³-hybridized carbons (Fsp3) is 0.154. The molecule has 0 atom stereocenters. The molecule has 3 N–H and O–H groups in total. The monoisotopic (exact) mass is 247 g/mol. The predicted molar refractivity (Wildman–Crippen MR) is 72.9 cm³/mol. The van der Waals surface area contributed by atoms with Gasteiger partial charge in [0.15, 0.2) is 5.82 Å². The summed E-state index contributed by atoms with van der Waals surface area (Å²) < 4.78 is 0. The molecule has 2 aromatic rings. The normalized spacial score (nSPS) is 10.3. The number of anilines is 3. The lowest BCUT2D eigenvalue weighted by atomic mass is 10.2. The second-order valence-electron chi connectivity index (χ2n) is 3.93. The van der Waals surface area contributed by atoms with Crippen LogP contribution in [0.2, 0.25) is 5.02 Å². The number of benzene rings is 1. The van der Waals surface area contributed by atoms with E-state index in [1.807, 2.05) is 38.1 Å². The molecule has 1 heterocycles. The van der Waals surface area contributed by atoms with Gasteiger partial charge in [0.2, 0.25) is 0 Å². The largest absolute Gasteiger partial charge is 0.396 e. The number of aryl methyl sites for hydroxylation is 1. The molecule has 0 aliphatic heterocycles. The summed E-state index contributed by atoms with van der Waals surface area (Å²) in [6.45, 7) is 3.91. The zero-order valence-electron chi connectivity index (χ0n) is 9.79. The van der Waals surface area contributed by atoms with Gasteiger partial charge in [-0.2, -0.15) is 0 Å². The van der Waals surface area contributed by atoms with E-state index in [0.29, 0.717) is 11.5 Å². The Morgan fingerprint density at radius 1 is 1.24 bits per heavy atom. The highest BCUT2D eigenvalue weighted by Crippen LogP contribution is 2.28. The Kier molecular flexibility index (Phi) is 3.20. The molecule has 1 aromatic heterocycles. The van der Waals surface area contributed by atoms with Crippen LogP contribution in [0.4, 0.5) is 17.2 Å². The van der Waals surface area contributed by atoms with Gasteiger partial charge in [0.25, 0.3) is 0 Å². The lowest BCUT2D eigenvalue weighted by Gasteiger charge is -2.12. The molecule has 0 saturated heterocycles. The minimum atomic E-state index is 0.659. The Bertz CT molecular complexity index is 503. The topological polar surface area (TPSA) is 50.9 Å². The molecule has 3 nitrogen and oxygen atoms in total. The third-order valence-electron chi connectivity index (χ3n) is 2.73. The predicted octanol–water partition coefficient (Wildman–Crippen LogP) is 3.68. The van der Waals surface area contributed by atoms with Gasteiger partial charge in [0.05, 0.1) is 5.69 Å². The van der Waals surface area contributed by atoms with Crippen LogP contribution in [0.15, 0.2) is 30.5 Å². The standard InChI is InChI=1S/C13H14ClN3/c1-8-6-7-16-13(12(8)15)17-11-5-3-4-10(14)9(11)2/h3-7H,15H2,1-2H3,(H,16,17). The van der Waals surface area contributed by atoms with E-state index in [2.05, 4.69) is 10.3 Å². The van der Waals surface area contributed by atoms with Crippen LogP contribution in [0.1, 0.15) is 11.1 Å². The maximum absolute atomic E-state index is 6.06. The van der Waals surface area contributed by atoms with Crippen molar-refractivity contribution in [1.29, 1.82) is 0 Å². The number of halogens is 1. The van der Waals surface area contributed by atoms with Gasteiger partial charge in [-0.25, -0.2) is 4.98 Å². The van der Waals surface area contributed by atoms with Gasteiger partial charge in [-0.3, -0.25) is 0 Å². The Balaban J connectivity index is 2.38. The number of nitrogens with zero attached hydrogens (tertiary/aromatic N) is 1. The first-order valence-corrected chi connectivity index (χ1v) is 5.70. The molecule has 1 aromatic carbocycles. The second-order valence-corrected chi connectivity index (χ2v) is 4.33. The lowest BCUT2D eigenvalue weighted by Crippen LogP contribution is -2.02. The molecule has 0 bridgehead atoms. The first-order valence-electron chi connectivity index (χ1n) is 5.33. The number of nitrogen functional groups attached to an aromatic ring is 1. The fourth-order valence-electron chi connectivity index (χ4n) is 1.54. The summed E-state index contributed by atoms with van der Waals surface area (Å²) in [7, 11) is 0. The fourth-order valence-corrected chi connectivity index (χ4v) is 1.71. The minimum absolute atomic E-state index is 0.659. The molecule has 0 amide bonds. The molecular formula is C13H14ClN3. The van der Waals surface area contributed by atoms with Crippen molar-refractivity contribution >= 4 is 28.8 Å². The number of nitrogens with one attached hydrogen (secondary N) is 1. The molecule has 0 unspecified atom stereocenters. The van der Waals surface area contributed by atoms with Crippen LogP contribution in [0.25, 0.3) is 0 Å². The molecule has 0 radical (unpaired) electrons. The number of aromatic nitrogens is 1. The lowest BCUT2D eigenvalue weighted by molar-refractivity contribution is 1.27. The van der Waals surface area contributed by atoms with Crippen LogP contribution in [0, 0.1) is 13.8 Å². The molecule has 88 valence electrons. The summed E-state index contributed by atoms with van der Waals surface area (Å²) in [4.78, 5) is 4.23. The average Bonchev–Trinajstić information content (AvgIpc) is 2.31. The maximum atomic E-state index is 6.06. The van der Waals surface area contributed by atoms with Crippen LogP contribution >= 0.6 is 11.6 Å². The molecular weight excluding hydrogens is 234 g/mol. The molecule has 0 aliphatic rings. The first-order chi connectivity index (χ1) is 8.09. The van der Waals surface area contributed by atoms with E-state index in [4.69, 9.17) is 17.3 Å². The van der Waals surface area contributed by atoms with E-state index >= 15 is 0 Å². The van der Waals surface area contributed by atoms with Crippen LogP contribution in [-0.2, 0) is 0 Å². The quantitative estimate of drug-likeness (QED) is 0.851. The second kappa shape index (κ2) is 4.63. The zero-order valence-corrected chi connectivity index (χ0v) is 10.5. The Labute approximate surface area is 106 Å². The molecule has 0 aliphatic carbocycles. The molecule has 0 fully saturated rings. The van der Waals surface area contributed by atoms with Crippen LogP contribution in [0.3, 0.4) is 0 Å². The molecule has 17 heavy (non-hydrogen) atoms. The number of rotatable bonds is 2. The van der Waals surface area contributed by atoms with Crippen molar-refractivity contribution in [2.75, 3.05) is 11.1 Å². The molecule has 4 heteroatoms. The summed E-state index contributed by atoms with van der Waals surface area (Å²) in [5, 5.41) is 3.92. The first kappa shape index (κ1) is 11.7. The van der Waals surface area contributed by atoms with Gasteiger partial charge in [-0.15, -0.1) is 0 Å². The van der Waals surface area contributed by atoms with E-state index in [-0.39, 0.29) is 0 Å². The van der Waals surface area contributed by atoms with Crippen LogP contribution in [-0.4, -0.2) is 4.98 Å². The van der Waals surface area contributed by atoms with Gasteiger partial charge in [0.1, 0.15) is 0 Å². The van der Waals surface area contributed by atoms with E-state index in [9.17, 15) is 0 Å². The number of pyridine rings is 1. The van der Waals surface area contributed by atoms with E-state index in [1.165, 1.54) is 0 Å². The third-order valence-corrected chi connectivity index (χ3v) is 3.14. The average molecular weight is 248 g/mol. The van der Waals surface area contributed by atoms with Gasteiger partial charge >= 0.3 is 0 Å². The zero-order chi connectivity index (χ0) is 12.4. The highest BCUT2D eigenvalue weighted by Gasteiger charge is 2.06. The van der Waals surface area contributed by atoms with Gasteiger partial charge < -0.3 is 11.1 Å². The Morgan fingerprint density at radius 3 is 2.76 bits per heavy atom. The molecule has 2 rings (SSSR count). The van der Waals surface area contributed by atoms with E-state index < -0.39 is 0 Å².